The van der Waals surface area contributed by atoms with Gasteiger partial charge in [0.15, 0.2) is 17.1 Å². The molecule has 4 heterocycles. The summed E-state index contributed by atoms with van der Waals surface area (Å²) in [5.41, 5.74) is 1.05. The summed E-state index contributed by atoms with van der Waals surface area (Å²) in [6.07, 6.45) is 3.28. The maximum absolute atomic E-state index is 14.7. The van der Waals surface area contributed by atoms with E-state index in [1.807, 2.05) is 59.1 Å². The Morgan fingerprint density at radius 3 is 3.00 bits per heavy atom. The molecule has 0 bridgehead atoms. The van der Waals surface area contributed by atoms with Crippen LogP contribution in [0.5, 0.6) is 5.75 Å². The number of rotatable bonds is 4. The van der Waals surface area contributed by atoms with Crippen molar-refractivity contribution in [1.82, 2.24) is 24.9 Å². The summed E-state index contributed by atoms with van der Waals surface area (Å²) in [7, 11) is 0. The molecule has 6 nitrogen and oxygen atoms in total. The summed E-state index contributed by atoms with van der Waals surface area (Å²) >= 11 is 0. The topological polar surface area (TPSA) is 64.3 Å². The van der Waals surface area contributed by atoms with Crippen LogP contribution >= 0.6 is 0 Å². The molecule has 3 aromatic heterocycles. The summed E-state index contributed by atoms with van der Waals surface area (Å²) in [4.78, 5) is 4.71. The average molecular weight is 377 g/mol. The van der Waals surface area contributed by atoms with Crippen molar-refractivity contribution in [3.8, 4) is 17.3 Å². The molecule has 1 atom stereocenters. The van der Waals surface area contributed by atoms with Gasteiger partial charge < -0.3 is 10.1 Å². The number of pyridine rings is 2. The van der Waals surface area contributed by atoms with E-state index in [4.69, 9.17) is 9.72 Å². The van der Waals surface area contributed by atoms with E-state index < -0.39 is 5.67 Å². The Morgan fingerprint density at radius 1 is 1.14 bits per heavy atom. The lowest BCUT2D eigenvalue weighted by atomic mass is 9.97. The lowest BCUT2D eigenvalue weighted by Crippen LogP contribution is -2.46. The van der Waals surface area contributed by atoms with Gasteiger partial charge in [-0.2, -0.15) is 0 Å². The van der Waals surface area contributed by atoms with Crippen LogP contribution in [0.25, 0.3) is 28.1 Å². The fourth-order valence-electron chi connectivity index (χ4n) is 3.60. The first kappa shape index (κ1) is 17.1. The normalized spacial score (nSPS) is 19.9. The van der Waals surface area contributed by atoms with Gasteiger partial charge in [0.2, 0.25) is 0 Å². The first-order valence-corrected chi connectivity index (χ1v) is 9.44. The molecule has 0 amide bonds. The third-order valence-corrected chi connectivity index (χ3v) is 5.12. The van der Waals surface area contributed by atoms with Crippen LogP contribution in [-0.4, -0.2) is 44.9 Å². The highest BCUT2D eigenvalue weighted by atomic mass is 19.1. The van der Waals surface area contributed by atoms with Gasteiger partial charge in [-0.1, -0.05) is 12.1 Å². The Hall–Kier alpha value is -3.06. The SMILES string of the molecule is FC1(COc2ccc3nc(-c4nnc5ccccn45)ccc3c2)CCCNC1. The fraction of sp³-hybridized carbons (Fsp3) is 0.286. The van der Waals surface area contributed by atoms with Gasteiger partial charge in [-0.15, -0.1) is 10.2 Å². The Labute approximate surface area is 161 Å². The van der Waals surface area contributed by atoms with Gasteiger partial charge in [0.25, 0.3) is 0 Å². The lowest BCUT2D eigenvalue weighted by Gasteiger charge is -2.29. The molecule has 5 rings (SSSR count). The number of halogens is 1. The lowest BCUT2D eigenvalue weighted by molar-refractivity contribution is 0.0594. The Balaban J connectivity index is 1.40. The minimum atomic E-state index is -1.30. The summed E-state index contributed by atoms with van der Waals surface area (Å²) in [6, 6.07) is 15.3. The molecule has 0 saturated carbocycles. The zero-order chi connectivity index (χ0) is 19.0. The summed E-state index contributed by atoms with van der Waals surface area (Å²) in [5.74, 6) is 1.35. The van der Waals surface area contributed by atoms with Crippen LogP contribution < -0.4 is 10.1 Å². The number of nitrogens with one attached hydrogen (secondary N) is 1. The highest BCUT2D eigenvalue weighted by molar-refractivity contribution is 5.82. The molecule has 0 aliphatic carbocycles. The van der Waals surface area contributed by atoms with Crippen molar-refractivity contribution in [2.45, 2.75) is 18.5 Å². The van der Waals surface area contributed by atoms with Gasteiger partial charge in [-0.3, -0.25) is 4.40 Å². The van der Waals surface area contributed by atoms with Crippen molar-refractivity contribution >= 4 is 16.6 Å². The predicted molar refractivity (Wildman–Crippen MR) is 105 cm³/mol. The molecule has 1 aliphatic heterocycles. The number of nitrogens with zero attached hydrogens (tertiary/aromatic N) is 4. The van der Waals surface area contributed by atoms with E-state index in [2.05, 4.69) is 15.5 Å². The van der Waals surface area contributed by atoms with Crippen LogP contribution in [0.3, 0.4) is 0 Å². The molecule has 142 valence electrons. The molecule has 0 spiro atoms. The maximum Gasteiger partial charge on any atom is 0.187 e. The van der Waals surface area contributed by atoms with Crippen LogP contribution in [-0.2, 0) is 0 Å². The van der Waals surface area contributed by atoms with E-state index in [1.54, 1.807) is 0 Å². The fourth-order valence-corrected chi connectivity index (χ4v) is 3.60. The molecule has 1 aliphatic rings. The van der Waals surface area contributed by atoms with Gasteiger partial charge in [0, 0.05) is 18.1 Å². The quantitative estimate of drug-likeness (QED) is 0.590. The van der Waals surface area contributed by atoms with E-state index in [0.717, 1.165) is 35.2 Å². The highest BCUT2D eigenvalue weighted by Crippen LogP contribution is 2.26. The average Bonchev–Trinajstić information content (AvgIpc) is 3.17. The third kappa shape index (κ3) is 3.18. The zero-order valence-corrected chi connectivity index (χ0v) is 15.3. The molecular weight excluding hydrogens is 357 g/mol. The van der Waals surface area contributed by atoms with Gasteiger partial charge in [-0.25, -0.2) is 9.37 Å². The number of hydrogen-bond acceptors (Lipinski definition) is 5. The van der Waals surface area contributed by atoms with Crippen molar-refractivity contribution in [2.75, 3.05) is 19.7 Å². The molecule has 1 saturated heterocycles. The van der Waals surface area contributed by atoms with E-state index in [0.29, 0.717) is 24.5 Å². The first-order chi connectivity index (χ1) is 13.7. The molecule has 1 fully saturated rings. The number of fused-ring (bicyclic) bond motifs is 2. The smallest absolute Gasteiger partial charge is 0.187 e. The van der Waals surface area contributed by atoms with Gasteiger partial charge in [-0.05, 0) is 55.8 Å². The minimum Gasteiger partial charge on any atom is -0.490 e. The molecule has 1 unspecified atom stereocenters. The van der Waals surface area contributed by atoms with Crippen LogP contribution in [0.1, 0.15) is 12.8 Å². The maximum atomic E-state index is 14.7. The molecular formula is C21H20FN5O. The van der Waals surface area contributed by atoms with Crippen LogP contribution in [0.15, 0.2) is 54.7 Å². The van der Waals surface area contributed by atoms with Crippen LogP contribution in [0.2, 0.25) is 0 Å². The third-order valence-electron chi connectivity index (χ3n) is 5.12. The van der Waals surface area contributed by atoms with Crippen LogP contribution in [0.4, 0.5) is 4.39 Å². The van der Waals surface area contributed by atoms with Crippen molar-refractivity contribution < 1.29 is 9.13 Å². The molecule has 1 N–H and O–H groups in total. The number of piperidine rings is 1. The van der Waals surface area contributed by atoms with E-state index in [-0.39, 0.29) is 6.61 Å². The molecule has 28 heavy (non-hydrogen) atoms. The van der Waals surface area contributed by atoms with Gasteiger partial charge in [0.05, 0.1) is 5.52 Å². The molecule has 1 aromatic carbocycles. The minimum absolute atomic E-state index is 0.0583. The number of aromatic nitrogens is 4. The van der Waals surface area contributed by atoms with Crippen molar-refractivity contribution in [3.63, 3.8) is 0 Å². The van der Waals surface area contributed by atoms with Crippen molar-refractivity contribution in [1.29, 1.82) is 0 Å². The summed E-state index contributed by atoms with van der Waals surface area (Å²) < 4.78 is 22.3. The highest BCUT2D eigenvalue weighted by Gasteiger charge is 2.32. The number of benzene rings is 1. The van der Waals surface area contributed by atoms with Crippen molar-refractivity contribution in [3.05, 3.63) is 54.7 Å². The Bertz CT molecular complexity index is 1140. The molecule has 4 aromatic rings. The van der Waals surface area contributed by atoms with Gasteiger partial charge in [0.1, 0.15) is 18.1 Å². The molecule has 0 radical (unpaired) electrons. The van der Waals surface area contributed by atoms with Gasteiger partial charge >= 0.3 is 0 Å². The second kappa shape index (κ2) is 6.83. The monoisotopic (exact) mass is 377 g/mol. The predicted octanol–water partition coefficient (Wildman–Crippen LogP) is 3.42. The molecule has 7 heteroatoms. The largest absolute Gasteiger partial charge is 0.490 e. The second-order valence-electron chi connectivity index (χ2n) is 7.22. The number of ether oxygens (including phenoxy) is 1. The van der Waals surface area contributed by atoms with E-state index >= 15 is 0 Å². The van der Waals surface area contributed by atoms with E-state index in [9.17, 15) is 4.39 Å². The summed E-state index contributed by atoms with van der Waals surface area (Å²) in [6.45, 7) is 1.28. The Kier molecular flexibility index (Phi) is 4.16. The van der Waals surface area contributed by atoms with Crippen molar-refractivity contribution in [2.24, 2.45) is 0 Å². The number of alkyl halides is 1. The summed E-state index contributed by atoms with van der Waals surface area (Å²) in [5, 5.41) is 12.5. The van der Waals surface area contributed by atoms with E-state index in [1.165, 1.54) is 0 Å². The Morgan fingerprint density at radius 2 is 2.11 bits per heavy atom. The van der Waals surface area contributed by atoms with Crippen LogP contribution in [0, 0.1) is 0 Å². The second-order valence-corrected chi connectivity index (χ2v) is 7.22. The standard InChI is InChI=1S/C21H20FN5O/c22-21(9-3-10-23-13-21)14-28-16-6-8-17-15(12-16)5-7-18(24-17)20-26-25-19-4-1-2-11-27(19)20/h1-2,4-8,11-12,23H,3,9-10,13-14H2. The zero-order valence-electron chi connectivity index (χ0n) is 15.3. The first-order valence-electron chi connectivity index (χ1n) is 9.44. The number of hydrogen-bond donors (Lipinski definition) is 1.